The van der Waals surface area contributed by atoms with E-state index in [1.165, 1.54) is 7.11 Å². The van der Waals surface area contributed by atoms with E-state index in [1.807, 2.05) is 29.0 Å². The van der Waals surface area contributed by atoms with Crippen molar-refractivity contribution < 1.29 is 14.6 Å². The molecule has 1 unspecified atom stereocenters. The lowest BCUT2D eigenvalue weighted by molar-refractivity contribution is -0.139. The minimum absolute atomic E-state index is 0.223. The number of methoxy groups -OCH3 is 1. The van der Waals surface area contributed by atoms with E-state index in [2.05, 4.69) is 10.1 Å². The minimum Gasteiger partial charge on any atom is -0.469 e. The van der Waals surface area contributed by atoms with Crippen LogP contribution in [0.5, 0.6) is 0 Å². The van der Waals surface area contributed by atoms with Gasteiger partial charge in [0.15, 0.2) is 0 Å². The molecule has 0 aliphatic carbocycles. The fourth-order valence-electron chi connectivity index (χ4n) is 1.74. The monoisotopic (exact) mass is 311 g/mol. The zero-order valence-corrected chi connectivity index (χ0v) is 12.8. The van der Waals surface area contributed by atoms with Gasteiger partial charge in [-0.3, -0.25) is 4.79 Å². The summed E-state index contributed by atoms with van der Waals surface area (Å²) in [6, 6.07) is 5.86. The molecule has 0 amide bonds. The maximum Gasteiger partial charge on any atom is 0.310 e. The second-order valence-electron chi connectivity index (χ2n) is 4.32. The third-order valence-electron chi connectivity index (χ3n) is 2.83. The number of hydrogen-bond donors (Lipinski definition) is 2. The molecule has 2 heterocycles. The summed E-state index contributed by atoms with van der Waals surface area (Å²) in [5, 5.41) is 17.1. The van der Waals surface area contributed by atoms with E-state index in [9.17, 15) is 9.90 Å². The van der Waals surface area contributed by atoms with Crippen molar-refractivity contribution in [3.8, 4) is 0 Å². The Morgan fingerprint density at radius 3 is 2.90 bits per heavy atom. The summed E-state index contributed by atoms with van der Waals surface area (Å²) in [5.74, 6) is -0.223. The lowest BCUT2D eigenvalue weighted by Crippen LogP contribution is -2.20. The second kappa shape index (κ2) is 7.54. The van der Waals surface area contributed by atoms with Gasteiger partial charge < -0.3 is 15.2 Å². The fraction of sp³-hybridized carbons (Fsp3) is 0.357. The number of rotatable bonds is 7. The van der Waals surface area contributed by atoms with Crippen molar-refractivity contribution in [1.82, 2.24) is 5.32 Å². The van der Waals surface area contributed by atoms with Gasteiger partial charge in [-0.15, -0.1) is 11.3 Å². The molecule has 0 saturated heterocycles. The first-order valence-corrected chi connectivity index (χ1v) is 8.00. The van der Waals surface area contributed by atoms with E-state index in [1.54, 1.807) is 22.7 Å². The van der Waals surface area contributed by atoms with E-state index in [0.717, 1.165) is 15.3 Å². The van der Waals surface area contributed by atoms with Crippen LogP contribution in [0.1, 0.15) is 21.4 Å². The molecule has 0 fully saturated rings. The molecule has 0 aliphatic heterocycles. The van der Waals surface area contributed by atoms with Crippen LogP contribution in [-0.2, 0) is 22.5 Å². The van der Waals surface area contributed by atoms with Gasteiger partial charge in [0.05, 0.1) is 19.6 Å². The van der Waals surface area contributed by atoms with Gasteiger partial charge in [-0.2, -0.15) is 11.3 Å². The highest BCUT2D eigenvalue weighted by Gasteiger charge is 2.09. The van der Waals surface area contributed by atoms with Crippen molar-refractivity contribution in [2.45, 2.75) is 19.1 Å². The lowest BCUT2D eigenvalue weighted by atomic mass is 10.2. The zero-order valence-electron chi connectivity index (χ0n) is 11.2. The van der Waals surface area contributed by atoms with Gasteiger partial charge in [0.2, 0.25) is 0 Å². The lowest BCUT2D eigenvalue weighted by Gasteiger charge is -2.09. The molecule has 0 bridgehead atoms. The molecule has 0 radical (unpaired) electrons. The van der Waals surface area contributed by atoms with Crippen LogP contribution in [0.25, 0.3) is 0 Å². The van der Waals surface area contributed by atoms with Crippen molar-refractivity contribution in [1.29, 1.82) is 0 Å². The molecule has 0 saturated carbocycles. The molecule has 1 atom stereocenters. The largest absolute Gasteiger partial charge is 0.469 e. The second-order valence-corrected chi connectivity index (χ2v) is 6.36. The Morgan fingerprint density at radius 2 is 2.20 bits per heavy atom. The van der Waals surface area contributed by atoms with Gasteiger partial charge >= 0.3 is 5.97 Å². The van der Waals surface area contributed by atoms with Crippen molar-refractivity contribution in [3.05, 3.63) is 44.3 Å². The molecule has 108 valence electrons. The molecule has 20 heavy (non-hydrogen) atoms. The first-order valence-electron chi connectivity index (χ1n) is 6.24. The standard InChI is InChI=1S/C14H17NO3S2/c1-18-14(17)6-11-2-3-12(20-11)7-15-8-13(16)10-4-5-19-9-10/h2-5,9,13,15-16H,6-8H2,1H3. The highest BCUT2D eigenvalue weighted by atomic mass is 32.1. The predicted octanol–water partition coefficient (Wildman–Crippen LogP) is 2.35. The van der Waals surface area contributed by atoms with E-state index in [0.29, 0.717) is 19.5 Å². The molecule has 0 aromatic carbocycles. The van der Waals surface area contributed by atoms with Crippen LogP contribution in [0, 0.1) is 0 Å². The third-order valence-corrected chi connectivity index (χ3v) is 4.62. The molecule has 6 heteroatoms. The van der Waals surface area contributed by atoms with Crippen LogP contribution in [-0.4, -0.2) is 24.7 Å². The quantitative estimate of drug-likeness (QED) is 0.771. The number of hydrogen-bond acceptors (Lipinski definition) is 6. The SMILES string of the molecule is COC(=O)Cc1ccc(CNCC(O)c2ccsc2)s1. The van der Waals surface area contributed by atoms with Crippen LogP contribution in [0.4, 0.5) is 0 Å². The van der Waals surface area contributed by atoms with Crippen molar-refractivity contribution in [3.63, 3.8) is 0 Å². The van der Waals surface area contributed by atoms with Crippen molar-refractivity contribution >= 4 is 28.6 Å². The van der Waals surface area contributed by atoms with Gasteiger partial charge in [0, 0.05) is 22.8 Å². The summed E-state index contributed by atoms with van der Waals surface area (Å²) in [7, 11) is 1.39. The first-order chi connectivity index (χ1) is 9.69. The molecule has 4 nitrogen and oxygen atoms in total. The highest BCUT2D eigenvalue weighted by Crippen LogP contribution is 2.18. The zero-order chi connectivity index (χ0) is 14.4. The molecular formula is C14H17NO3S2. The smallest absolute Gasteiger partial charge is 0.310 e. The Balaban J connectivity index is 1.75. The number of aliphatic hydroxyl groups excluding tert-OH is 1. The molecule has 2 rings (SSSR count). The van der Waals surface area contributed by atoms with Crippen LogP contribution in [0.3, 0.4) is 0 Å². The van der Waals surface area contributed by atoms with Crippen LogP contribution in [0.15, 0.2) is 29.0 Å². The predicted molar refractivity (Wildman–Crippen MR) is 81.0 cm³/mol. The average Bonchev–Trinajstić information content (AvgIpc) is 3.10. The Bertz CT molecular complexity index is 536. The average molecular weight is 311 g/mol. The maximum absolute atomic E-state index is 11.2. The number of esters is 1. The maximum atomic E-state index is 11.2. The Kier molecular flexibility index (Phi) is 5.72. The number of nitrogens with one attached hydrogen (secondary N) is 1. The number of carbonyl (C=O) groups is 1. The van der Waals surface area contributed by atoms with E-state index in [4.69, 9.17) is 0 Å². The van der Waals surface area contributed by atoms with E-state index < -0.39 is 6.10 Å². The Morgan fingerprint density at radius 1 is 1.40 bits per heavy atom. The van der Waals surface area contributed by atoms with Gasteiger partial charge in [-0.25, -0.2) is 0 Å². The van der Waals surface area contributed by atoms with Gasteiger partial charge in [-0.05, 0) is 34.5 Å². The molecule has 2 aromatic rings. The van der Waals surface area contributed by atoms with Crippen LogP contribution in [0.2, 0.25) is 0 Å². The van der Waals surface area contributed by atoms with Crippen LogP contribution >= 0.6 is 22.7 Å². The third kappa shape index (κ3) is 4.42. The van der Waals surface area contributed by atoms with Crippen molar-refractivity contribution in [2.24, 2.45) is 0 Å². The summed E-state index contributed by atoms with van der Waals surface area (Å²) in [4.78, 5) is 13.3. The van der Waals surface area contributed by atoms with Gasteiger partial charge in [0.25, 0.3) is 0 Å². The minimum atomic E-state index is -0.476. The van der Waals surface area contributed by atoms with Gasteiger partial charge in [0.1, 0.15) is 0 Å². The molecule has 0 aliphatic rings. The topological polar surface area (TPSA) is 58.6 Å². The first kappa shape index (κ1) is 15.2. The van der Waals surface area contributed by atoms with Crippen molar-refractivity contribution in [2.75, 3.05) is 13.7 Å². The number of carbonyl (C=O) groups excluding carboxylic acids is 1. The van der Waals surface area contributed by atoms with E-state index >= 15 is 0 Å². The molecule has 2 aromatic heterocycles. The fourth-order valence-corrected chi connectivity index (χ4v) is 3.42. The summed E-state index contributed by atoms with van der Waals surface area (Å²) >= 11 is 3.16. The summed E-state index contributed by atoms with van der Waals surface area (Å²) < 4.78 is 4.64. The van der Waals surface area contributed by atoms with Gasteiger partial charge in [-0.1, -0.05) is 0 Å². The molecule has 0 spiro atoms. The Labute approximate surface area is 126 Å². The summed E-state index contributed by atoms with van der Waals surface area (Å²) in [5.41, 5.74) is 0.944. The number of aliphatic hydroxyl groups is 1. The van der Waals surface area contributed by atoms with E-state index in [-0.39, 0.29) is 5.97 Å². The number of ether oxygens (including phenoxy) is 1. The normalized spacial score (nSPS) is 12.3. The van der Waals surface area contributed by atoms with Crippen LogP contribution < -0.4 is 5.32 Å². The summed E-state index contributed by atoms with van der Waals surface area (Å²) in [6.45, 7) is 1.20. The number of thiophene rings is 2. The summed E-state index contributed by atoms with van der Waals surface area (Å²) in [6.07, 6.45) is -0.158. The Hall–Kier alpha value is -1.21. The molecular weight excluding hydrogens is 294 g/mol. The molecule has 2 N–H and O–H groups in total. The highest BCUT2D eigenvalue weighted by molar-refractivity contribution is 7.12.